The fourth-order valence-corrected chi connectivity index (χ4v) is 2.99. The zero-order valence-corrected chi connectivity index (χ0v) is 13.5. The number of aromatic nitrogens is 2. The number of carbonyl (C=O) groups excluding carboxylic acids is 1. The van der Waals surface area contributed by atoms with Gasteiger partial charge in [-0.2, -0.15) is 4.98 Å². The molecule has 0 atom stereocenters. The standard InChI is InChI=1S/C17H20FN3O3/c1-23-14-6-4-11(10-12(14)18)13(22)5-7-15-20-16(21-24-15)17(19)8-2-3-9-17/h4,6,10H,2-3,5,7-9,19H2,1H3. The van der Waals surface area contributed by atoms with Crippen molar-refractivity contribution in [1.29, 1.82) is 0 Å². The van der Waals surface area contributed by atoms with Crippen molar-refractivity contribution in [2.24, 2.45) is 5.73 Å². The van der Waals surface area contributed by atoms with E-state index in [1.54, 1.807) is 0 Å². The Kier molecular flexibility index (Phi) is 4.62. The maximum absolute atomic E-state index is 13.7. The predicted molar refractivity (Wildman–Crippen MR) is 84.2 cm³/mol. The highest BCUT2D eigenvalue weighted by molar-refractivity contribution is 5.96. The van der Waals surface area contributed by atoms with Crippen LogP contribution in [-0.2, 0) is 12.0 Å². The molecule has 1 aliphatic rings. The van der Waals surface area contributed by atoms with Gasteiger partial charge < -0.3 is 15.0 Å². The molecule has 0 bridgehead atoms. The molecule has 2 aromatic rings. The Balaban J connectivity index is 1.62. The molecule has 128 valence electrons. The number of ketones is 1. The van der Waals surface area contributed by atoms with Crippen molar-refractivity contribution in [3.63, 3.8) is 0 Å². The fraction of sp³-hybridized carbons (Fsp3) is 0.471. The van der Waals surface area contributed by atoms with Gasteiger partial charge in [0.1, 0.15) is 0 Å². The van der Waals surface area contributed by atoms with Crippen LogP contribution in [0.1, 0.15) is 54.2 Å². The van der Waals surface area contributed by atoms with Crippen molar-refractivity contribution in [2.45, 2.75) is 44.1 Å². The molecule has 1 aliphatic carbocycles. The van der Waals surface area contributed by atoms with Crippen molar-refractivity contribution < 1.29 is 18.4 Å². The second-order valence-corrected chi connectivity index (χ2v) is 6.15. The lowest BCUT2D eigenvalue weighted by Crippen LogP contribution is -2.34. The first-order chi connectivity index (χ1) is 11.5. The first kappa shape index (κ1) is 16.6. The summed E-state index contributed by atoms with van der Waals surface area (Å²) in [4.78, 5) is 16.5. The van der Waals surface area contributed by atoms with Gasteiger partial charge in [0.05, 0.1) is 12.6 Å². The summed E-state index contributed by atoms with van der Waals surface area (Å²) in [7, 11) is 1.38. The second-order valence-electron chi connectivity index (χ2n) is 6.15. The number of ether oxygens (including phenoxy) is 1. The molecule has 1 aromatic heterocycles. The van der Waals surface area contributed by atoms with E-state index in [1.807, 2.05) is 0 Å². The number of benzene rings is 1. The molecule has 0 saturated heterocycles. The van der Waals surface area contributed by atoms with Crippen molar-refractivity contribution >= 4 is 5.78 Å². The van der Waals surface area contributed by atoms with Crippen LogP contribution in [0.3, 0.4) is 0 Å². The van der Waals surface area contributed by atoms with E-state index in [1.165, 1.54) is 25.3 Å². The zero-order chi connectivity index (χ0) is 17.2. The average Bonchev–Trinajstić information content (AvgIpc) is 3.22. The molecule has 2 N–H and O–H groups in total. The third-order valence-corrected chi connectivity index (χ3v) is 4.45. The predicted octanol–water partition coefficient (Wildman–Crippen LogP) is 2.76. The van der Waals surface area contributed by atoms with Gasteiger partial charge in [-0.1, -0.05) is 18.0 Å². The Morgan fingerprint density at radius 2 is 2.17 bits per heavy atom. The normalized spacial score (nSPS) is 16.3. The Hall–Kier alpha value is -2.28. The van der Waals surface area contributed by atoms with Crippen LogP contribution < -0.4 is 10.5 Å². The van der Waals surface area contributed by atoms with E-state index in [0.29, 0.717) is 23.7 Å². The number of rotatable bonds is 6. The summed E-state index contributed by atoms with van der Waals surface area (Å²) in [5, 5.41) is 3.96. The summed E-state index contributed by atoms with van der Waals surface area (Å²) in [6.45, 7) is 0. The number of halogens is 1. The molecule has 1 aromatic carbocycles. The van der Waals surface area contributed by atoms with Gasteiger partial charge in [-0.3, -0.25) is 4.79 Å². The van der Waals surface area contributed by atoms with Gasteiger partial charge >= 0.3 is 0 Å². The monoisotopic (exact) mass is 333 g/mol. The molecular weight excluding hydrogens is 313 g/mol. The fourth-order valence-electron chi connectivity index (χ4n) is 2.99. The lowest BCUT2D eigenvalue weighted by Gasteiger charge is -2.17. The molecule has 0 unspecified atom stereocenters. The number of nitrogens with zero attached hydrogens (tertiary/aromatic N) is 2. The smallest absolute Gasteiger partial charge is 0.227 e. The highest BCUT2D eigenvalue weighted by Crippen LogP contribution is 2.34. The summed E-state index contributed by atoms with van der Waals surface area (Å²) >= 11 is 0. The second kappa shape index (κ2) is 6.68. The number of aryl methyl sites for hydroxylation is 1. The maximum Gasteiger partial charge on any atom is 0.227 e. The van der Waals surface area contributed by atoms with Crippen LogP contribution >= 0.6 is 0 Å². The van der Waals surface area contributed by atoms with Crippen LogP contribution in [0.2, 0.25) is 0 Å². The van der Waals surface area contributed by atoms with E-state index in [2.05, 4.69) is 10.1 Å². The number of Topliss-reactive ketones (excluding diaryl/α,β-unsaturated/α-hetero) is 1. The minimum absolute atomic E-state index is 0.109. The molecule has 6 nitrogen and oxygen atoms in total. The Bertz CT molecular complexity index is 738. The third-order valence-electron chi connectivity index (χ3n) is 4.45. The van der Waals surface area contributed by atoms with Gasteiger partial charge in [-0.05, 0) is 31.0 Å². The number of hydrogen-bond acceptors (Lipinski definition) is 6. The molecule has 0 spiro atoms. The summed E-state index contributed by atoms with van der Waals surface area (Å²) in [6.07, 6.45) is 4.26. The number of carbonyl (C=O) groups is 1. The first-order valence-electron chi connectivity index (χ1n) is 8.00. The minimum Gasteiger partial charge on any atom is -0.494 e. The molecule has 0 amide bonds. The van der Waals surface area contributed by atoms with Gasteiger partial charge in [0.25, 0.3) is 0 Å². The van der Waals surface area contributed by atoms with Crippen LogP contribution in [0.5, 0.6) is 5.75 Å². The quantitative estimate of drug-likeness (QED) is 0.817. The molecule has 1 heterocycles. The third kappa shape index (κ3) is 3.31. The summed E-state index contributed by atoms with van der Waals surface area (Å²) in [5.74, 6) is 0.245. The van der Waals surface area contributed by atoms with Crippen molar-refractivity contribution in [1.82, 2.24) is 10.1 Å². The van der Waals surface area contributed by atoms with Gasteiger partial charge in [-0.25, -0.2) is 4.39 Å². The number of nitrogens with two attached hydrogens (primary N) is 1. The molecule has 7 heteroatoms. The molecule has 0 aliphatic heterocycles. The number of hydrogen-bond donors (Lipinski definition) is 1. The van der Waals surface area contributed by atoms with E-state index < -0.39 is 11.4 Å². The maximum atomic E-state index is 13.7. The molecule has 3 rings (SSSR count). The summed E-state index contributed by atoms with van der Waals surface area (Å²) in [6, 6.07) is 4.15. The zero-order valence-electron chi connectivity index (χ0n) is 13.5. The van der Waals surface area contributed by atoms with Crippen molar-refractivity contribution in [3.8, 4) is 5.75 Å². The topological polar surface area (TPSA) is 91.2 Å². The van der Waals surface area contributed by atoms with Crippen LogP contribution in [0.4, 0.5) is 4.39 Å². The van der Waals surface area contributed by atoms with Crippen LogP contribution in [-0.4, -0.2) is 23.0 Å². The number of methoxy groups -OCH3 is 1. The molecule has 0 radical (unpaired) electrons. The lowest BCUT2D eigenvalue weighted by molar-refractivity contribution is 0.0979. The Morgan fingerprint density at radius 1 is 1.42 bits per heavy atom. The lowest BCUT2D eigenvalue weighted by atomic mass is 9.99. The summed E-state index contributed by atoms with van der Waals surface area (Å²) < 4.78 is 23.7. The molecule has 1 saturated carbocycles. The van der Waals surface area contributed by atoms with E-state index in [9.17, 15) is 9.18 Å². The van der Waals surface area contributed by atoms with Crippen LogP contribution in [0.25, 0.3) is 0 Å². The first-order valence-corrected chi connectivity index (χ1v) is 8.00. The largest absolute Gasteiger partial charge is 0.494 e. The average molecular weight is 333 g/mol. The Morgan fingerprint density at radius 3 is 2.83 bits per heavy atom. The highest BCUT2D eigenvalue weighted by atomic mass is 19.1. The molecule has 24 heavy (non-hydrogen) atoms. The summed E-state index contributed by atoms with van der Waals surface area (Å²) in [5.41, 5.74) is 6.06. The van der Waals surface area contributed by atoms with Gasteiger partial charge in [-0.15, -0.1) is 0 Å². The van der Waals surface area contributed by atoms with Gasteiger partial charge in [0.2, 0.25) is 5.89 Å². The SMILES string of the molecule is COc1ccc(C(=O)CCc2nc(C3(N)CCCC3)no2)cc1F. The van der Waals surface area contributed by atoms with E-state index in [0.717, 1.165) is 25.7 Å². The Labute approximate surface area is 139 Å². The van der Waals surface area contributed by atoms with E-state index in [4.69, 9.17) is 15.0 Å². The van der Waals surface area contributed by atoms with Crippen molar-refractivity contribution in [2.75, 3.05) is 7.11 Å². The molecule has 1 fully saturated rings. The van der Waals surface area contributed by atoms with Gasteiger partial charge in [0, 0.05) is 18.4 Å². The van der Waals surface area contributed by atoms with Crippen LogP contribution in [0, 0.1) is 5.82 Å². The highest BCUT2D eigenvalue weighted by Gasteiger charge is 2.35. The van der Waals surface area contributed by atoms with E-state index in [-0.39, 0.29) is 18.0 Å². The van der Waals surface area contributed by atoms with Gasteiger partial charge in [0.15, 0.2) is 23.2 Å². The van der Waals surface area contributed by atoms with Crippen LogP contribution in [0.15, 0.2) is 22.7 Å². The minimum atomic E-state index is -0.560. The molecular formula is C17H20FN3O3. The van der Waals surface area contributed by atoms with E-state index >= 15 is 0 Å². The van der Waals surface area contributed by atoms with Crippen molar-refractivity contribution in [3.05, 3.63) is 41.3 Å².